The lowest BCUT2D eigenvalue weighted by atomic mass is 10.2. The van der Waals surface area contributed by atoms with Crippen LogP contribution in [0, 0.1) is 0 Å². The average molecular weight is 292 g/mol. The third kappa shape index (κ3) is 2.47. The Morgan fingerprint density at radius 2 is 2.00 bits per heavy atom. The lowest BCUT2D eigenvalue weighted by molar-refractivity contribution is -0.137. The molecule has 0 saturated heterocycles. The van der Waals surface area contributed by atoms with Gasteiger partial charge in [0.05, 0.1) is 22.5 Å². The maximum absolute atomic E-state index is 12.6. The molecule has 0 unspecified atom stereocenters. The van der Waals surface area contributed by atoms with Crippen molar-refractivity contribution in [3.63, 3.8) is 0 Å². The maximum Gasteiger partial charge on any atom is 0.417 e. The summed E-state index contributed by atoms with van der Waals surface area (Å²) >= 11 is 0. The average Bonchev–Trinajstić information content (AvgIpc) is 2.93. The van der Waals surface area contributed by atoms with Gasteiger partial charge >= 0.3 is 6.18 Å². The maximum atomic E-state index is 12.6. The van der Waals surface area contributed by atoms with Gasteiger partial charge in [0.2, 0.25) is 0 Å². The van der Waals surface area contributed by atoms with E-state index in [1.54, 1.807) is 6.20 Å². The predicted octanol–water partition coefficient (Wildman–Crippen LogP) is 2.87. The molecule has 0 radical (unpaired) electrons. The van der Waals surface area contributed by atoms with E-state index in [4.69, 9.17) is 5.73 Å². The molecule has 4 nitrogen and oxygen atoms in total. The van der Waals surface area contributed by atoms with Gasteiger partial charge in [-0.05, 0) is 24.3 Å². The van der Waals surface area contributed by atoms with Gasteiger partial charge in [-0.2, -0.15) is 13.2 Å². The van der Waals surface area contributed by atoms with Gasteiger partial charge in [0.15, 0.2) is 0 Å². The minimum Gasteiger partial charge on any atom is -0.325 e. The number of aromatic nitrogens is 3. The number of nitrogens with zero attached hydrogens (tertiary/aromatic N) is 3. The highest BCUT2D eigenvalue weighted by molar-refractivity contribution is 5.74. The van der Waals surface area contributed by atoms with Crippen molar-refractivity contribution in [3.05, 3.63) is 54.1 Å². The normalized spacial score (nSPS) is 12.0. The van der Waals surface area contributed by atoms with E-state index in [1.165, 1.54) is 6.07 Å². The highest BCUT2D eigenvalue weighted by Crippen LogP contribution is 2.30. The number of halogens is 3. The Morgan fingerprint density at radius 3 is 2.62 bits per heavy atom. The second-order valence-electron chi connectivity index (χ2n) is 4.52. The summed E-state index contributed by atoms with van der Waals surface area (Å²) in [5.41, 5.74) is 7.09. The zero-order valence-electron chi connectivity index (χ0n) is 10.8. The minimum atomic E-state index is -4.40. The van der Waals surface area contributed by atoms with Crippen LogP contribution in [-0.4, -0.2) is 14.4 Å². The Hall–Kier alpha value is -2.41. The van der Waals surface area contributed by atoms with Crippen molar-refractivity contribution in [2.24, 2.45) is 5.73 Å². The van der Waals surface area contributed by atoms with Gasteiger partial charge in [-0.3, -0.25) is 4.98 Å². The Kier molecular flexibility index (Phi) is 3.13. The van der Waals surface area contributed by atoms with Crippen molar-refractivity contribution in [2.45, 2.75) is 12.7 Å². The van der Waals surface area contributed by atoms with Crippen molar-refractivity contribution in [2.75, 3.05) is 0 Å². The molecule has 0 aromatic carbocycles. The molecule has 0 aliphatic rings. The quantitative estimate of drug-likeness (QED) is 0.790. The summed E-state index contributed by atoms with van der Waals surface area (Å²) in [6, 6.07) is 5.96. The van der Waals surface area contributed by atoms with Crippen LogP contribution in [0.25, 0.3) is 16.9 Å². The Labute approximate surface area is 118 Å². The fourth-order valence-corrected chi connectivity index (χ4v) is 2.09. The van der Waals surface area contributed by atoms with E-state index in [0.717, 1.165) is 17.8 Å². The summed E-state index contributed by atoms with van der Waals surface area (Å²) < 4.78 is 39.5. The fraction of sp³-hybridized carbons (Fsp3) is 0.143. The zero-order valence-corrected chi connectivity index (χ0v) is 10.8. The molecule has 2 N–H and O–H groups in total. The number of rotatable bonds is 2. The number of hydrogen-bond donors (Lipinski definition) is 1. The van der Waals surface area contributed by atoms with Crippen LogP contribution in [0.3, 0.4) is 0 Å². The molecule has 0 saturated carbocycles. The molecule has 0 amide bonds. The van der Waals surface area contributed by atoms with Crippen molar-refractivity contribution in [1.82, 2.24) is 14.4 Å². The molecular formula is C14H11F3N4. The molecule has 0 spiro atoms. The Balaban J connectivity index is 2.13. The number of pyridine rings is 1. The van der Waals surface area contributed by atoms with E-state index in [2.05, 4.69) is 9.97 Å². The van der Waals surface area contributed by atoms with Gasteiger partial charge < -0.3 is 10.1 Å². The van der Waals surface area contributed by atoms with Crippen LogP contribution >= 0.6 is 0 Å². The first-order valence-corrected chi connectivity index (χ1v) is 6.19. The molecule has 0 fully saturated rings. The molecule has 3 aromatic rings. The first-order chi connectivity index (χ1) is 9.99. The number of alkyl halides is 3. The van der Waals surface area contributed by atoms with Gasteiger partial charge in [0.25, 0.3) is 0 Å². The molecule has 7 heteroatoms. The Morgan fingerprint density at radius 1 is 1.19 bits per heavy atom. The van der Waals surface area contributed by atoms with Crippen LogP contribution in [0.2, 0.25) is 0 Å². The zero-order chi connectivity index (χ0) is 15.0. The van der Waals surface area contributed by atoms with Crippen LogP contribution in [-0.2, 0) is 12.7 Å². The van der Waals surface area contributed by atoms with E-state index in [0.29, 0.717) is 17.1 Å². The molecule has 0 bridgehead atoms. The van der Waals surface area contributed by atoms with Crippen LogP contribution in [0.1, 0.15) is 11.3 Å². The summed E-state index contributed by atoms with van der Waals surface area (Å²) in [7, 11) is 0. The van der Waals surface area contributed by atoms with E-state index < -0.39 is 11.7 Å². The topological polar surface area (TPSA) is 56.2 Å². The van der Waals surface area contributed by atoms with Gasteiger partial charge in [-0.15, -0.1) is 0 Å². The number of hydrogen-bond acceptors (Lipinski definition) is 3. The Bertz CT molecular complexity index is 775. The van der Waals surface area contributed by atoms with Crippen LogP contribution in [0.4, 0.5) is 13.2 Å². The molecule has 3 aromatic heterocycles. The van der Waals surface area contributed by atoms with Gasteiger partial charge in [0, 0.05) is 25.1 Å². The molecule has 21 heavy (non-hydrogen) atoms. The second-order valence-corrected chi connectivity index (χ2v) is 4.52. The first-order valence-electron chi connectivity index (χ1n) is 6.19. The van der Waals surface area contributed by atoms with Crippen molar-refractivity contribution < 1.29 is 13.2 Å². The fourth-order valence-electron chi connectivity index (χ4n) is 2.09. The monoisotopic (exact) mass is 292 g/mol. The third-order valence-corrected chi connectivity index (χ3v) is 3.11. The smallest absolute Gasteiger partial charge is 0.325 e. The van der Waals surface area contributed by atoms with Crippen LogP contribution in [0.15, 0.2) is 42.9 Å². The molecule has 0 aliphatic heterocycles. The van der Waals surface area contributed by atoms with Gasteiger partial charge in [-0.1, -0.05) is 0 Å². The van der Waals surface area contributed by atoms with Crippen LogP contribution in [0.5, 0.6) is 0 Å². The minimum absolute atomic E-state index is 0.238. The summed E-state index contributed by atoms with van der Waals surface area (Å²) in [6.07, 6.45) is 0.0146. The first kappa shape index (κ1) is 13.6. The largest absolute Gasteiger partial charge is 0.417 e. The van der Waals surface area contributed by atoms with E-state index >= 15 is 0 Å². The van der Waals surface area contributed by atoms with E-state index in [-0.39, 0.29) is 6.54 Å². The molecule has 3 rings (SSSR count). The SMILES string of the molecule is NCc1cn2cccc2c(-c2ccc(C(F)(F)F)cn2)n1. The summed E-state index contributed by atoms with van der Waals surface area (Å²) in [5.74, 6) is 0. The molecule has 108 valence electrons. The highest BCUT2D eigenvalue weighted by Gasteiger charge is 2.30. The lowest BCUT2D eigenvalue weighted by Crippen LogP contribution is -2.06. The molecule has 3 heterocycles. The van der Waals surface area contributed by atoms with Crippen molar-refractivity contribution in [3.8, 4) is 11.4 Å². The predicted molar refractivity (Wildman–Crippen MR) is 71.3 cm³/mol. The van der Waals surface area contributed by atoms with Crippen LogP contribution < -0.4 is 5.73 Å². The summed E-state index contributed by atoms with van der Waals surface area (Å²) in [6.45, 7) is 0.238. The molecular weight excluding hydrogens is 281 g/mol. The van der Waals surface area contributed by atoms with Gasteiger partial charge in [0.1, 0.15) is 5.69 Å². The standard InChI is InChI=1S/C14H11F3N4/c15-14(16,17)9-3-4-11(19-7-9)13-12-2-1-5-21(12)8-10(6-18)20-13/h1-5,7-8H,6,18H2. The second kappa shape index (κ2) is 4.85. The number of nitrogens with two attached hydrogens (primary N) is 1. The van der Waals surface area contributed by atoms with E-state index in [1.807, 2.05) is 22.7 Å². The molecule has 0 aliphatic carbocycles. The van der Waals surface area contributed by atoms with E-state index in [9.17, 15) is 13.2 Å². The third-order valence-electron chi connectivity index (χ3n) is 3.11. The van der Waals surface area contributed by atoms with Gasteiger partial charge in [-0.25, -0.2) is 4.98 Å². The summed E-state index contributed by atoms with van der Waals surface area (Å²) in [5, 5.41) is 0. The lowest BCUT2D eigenvalue weighted by Gasteiger charge is -2.09. The van der Waals surface area contributed by atoms with Crippen molar-refractivity contribution in [1.29, 1.82) is 0 Å². The summed E-state index contributed by atoms with van der Waals surface area (Å²) in [4.78, 5) is 8.25. The highest BCUT2D eigenvalue weighted by atomic mass is 19.4. The number of fused-ring (bicyclic) bond motifs is 1. The van der Waals surface area contributed by atoms with Crippen molar-refractivity contribution >= 4 is 5.52 Å². The molecule has 0 atom stereocenters.